The highest BCUT2D eigenvalue weighted by Crippen LogP contribution is 2.44. The second-order valence-corrected chi connectivity index (χ2v) is 8.02. The molecule has 0 radical (unpaired) electrons. The quantitative estimate of drug-likeness (QED) is 0.391. The molecule has 0 heterocycles. The molecule has 35 heavy (non-hydrogen) atoms. The molecule has 8 nitrogen and oxygen atoms in total. The molecule has 1 aliphatic carbocycles. The number of fused-ring (bicyclic) bond motifs is 3. The molecule has 4 rings (SSSR count). The minimum absolute atomic E-state index is 0.0492. The lowest BCUT2D eigenvalue weighted by Crippen LogP contribution is -2.30. The van der Waals surface area contributed by atoms with Gasteiger partial charge in [0.2, 0.25) is 0 Å². The van der Waals surface area contributed by atoms with E-state index in [9.17, 15) is 23.9 Å². The molecular formula is C26H23FN2O6. The fourth-order valence-electron chi connectivity index (χ4n) is 4.09. The Morgan fingerprint density at radius 3 is 2.20 bits per heavy atom. The standard InChI is InChI=1S/C26H23FN2O6/c27-23-19(24(31)28-13-12-22(30)25(32)33)10-5-11-21(23)29-26(34)35-14-20-17-8-3-1-6-15(17)16-7-2-4-9-18(16)20/h1-11,20,22,30H,12-14H2,(H,28,31)(H,29,34)(H,32,33)/t22-/m0/s1. The van der Waals surface area contributed by atoms with E-state index in [4.69, 9.17) is 9.84 Å². The molecule has 0 saturated heterocycles. The van der Waals surface area contributed by atoms with Crippen molar-refractivity contribution < 1.29 is 33.7 Å². The van der Waals surface area contributed by atoms with E-state index < -0.39 is 29.9 Å². The number of rotatable bonds is 8. The molecule has 0 bridgehead atoms. The fourth-order valence-corrected chi connectivity index (χ4v) is 4.09. The molecule has 180 valence electrons. The van der Waals surface area contributed by atoms with Gasteiger partial charge in [0.25, 0.3) is 5.91 Å². The van der Waals surface area contributed by atoms with Gasteiger partial charge in [-0.05, 0) is 34.4 Å². The first kappa shape index (κ1) is 23.9. The molecule has 0 spiro atoms. The van der Waals surface area contributed by atoms with Crippen molar-refractivity contribution in [3.8, 4) is 11.1 Å². The van der Waals surface area contributed by atoms with Crippen LogP contribution in [0.25, 0.3) is 11.1 Å². The summed E-state index contributed by atoms with van der Waals surface area (Å²) in [5.74, 6) is -3.34. The number of nitrogens with one attached hydrogen (secondary N) is 2. The number of hydrogen-bond donors (Lipinski definition) is 4. The van der Waals surface area contributed by atoms with Gasteiger partial charge in [-0.2, -0.15) is 0 Å². The van der Waals surface area contributed by atoms with Crippen molar-refractivity contribution >= 4 is 23.7 Å². The summed E-state index contributed by atoms with van der Waals surface area (Å²) in [6, 6.07) is 19.7. The van der Waals surface area contributed by atoms with Gasteiger partial charge in [-0.3, -0.25) is 10.1 Å². The highest BCUT2D eigenvalue weighted by atomic mass is 19.1. The molecule has 4 N–H and O–H groups in total. The molecule has 3 aromatic rings. The summed E-state index contributed by atoms with van der Waals surface area (Å²) in [6.07, 6.45) is -2.74. The molecule has 3 aromatic carbocycles. The predicted octanol–water partition coefficient (Wildman–Crippen LogP) is 3.75. The maximum Gasteiger partial charge on any atom is 0.411 e. The molecule has 2 amide bonds. The smallest absolute Gasteiger partial charge is 0.411 e. The minimum atomic E-state index is -1.64. The van der Waals surface area contributed by atoms with Gasteiger partial charge in [-0.15, -0.1) is 0 Å². The van der Waals surface area contributed by atoms with E-state index in [1.165, 1.54) is 18.2 Å². The highest BCUT2D eigenvalue weighted by molar-refractivity contribution is 5.96. The third-order valence-corrected chi connectivity index (χ3v) is 5.81. The topological polar surface area (TPSA) is 125 Å². The largest absolute Gasteiger partial charge is 0.479 e. The molecule has 9 heteroatoms. The number of halogens is 1. The van der Waals surface area contributed by atoms with Crippen molar-refractivity contribution in [3.05, 3.63) is 89.2 Å². The SMILES string of the molecule is O=C(Nc1cccc(C(=O)NCC[C@H](O)C(=O)O)c1F)OCC1c2ccccc2-c2ccccc21. The van der Waals surface area contributed by atoms with E-state index >= 15 is 0 Å². The summed E-state index contributed by atoms with van der Waals surface area (Å²) in [4.78, 5) is 35.3. The first-order valence-electron chi connectivity index (χ1n) is 11.0. The molecule has 0 aromatic heterocycles. The lowest BCUT2D eigenvalue weighted by molar-refractivity contribution is -0.146. The number of aliphatic hydroxyl groups excluding tert-OH is 1. The van der Waals surface area contributed by atoms with Gasteiger partial charge in [-0.1, -0.05) is 54.6 Å². The number of carboxylic acid groups (broad SMARTS) is 1. The van der Waals surface area contributed by atoms with Crippen LogP contribution in [0.5, 0.6) is 0 Å². The number of benzene rings is 3. The highest BCUT2D eigenvalue weighted by Gasteiger charge is 2.29. The van der Waals surface area contributed by atoms with Crippen LogP contribution < -0.4 is 10.6 Å². The average molecular weight is 478 g/mol. The monoisotopic (exact) mass is 478 g/mol. The summed E-state index contributed by atoms with van der Waals surface area (Å²) in [6.45, 7) is -0.122. The Balaban J connectivity index is 1.39. The molecule has 1 aliphatic rings. The van der Waals surface area contributed by atoms with Gasteiger partial charge in [-0.25, -0.2) is 14.0 Å². The number of hydrogen-bond acceptors (Lipinski definition) is 5. The van der Waals surface area contributed by atoms with Crippen LogP contribution in [0.4, 0.5) is 14.9 Å². The van der Waals surface area contributed by atoms with Gasteiger partial charge in [0, 0.05) is 18.9 Å². The number of ether oxygens (including phenoxy) is 1. The first-order chi connectivity index (χ1) is 16.9. The second-order valence-electron chi connectivity index (χ2n) is 8.02. The summed E-state index contributed by atoms with van der Waals surface area (Å²) >= 11 is 0. The lowest BCUT2D eigenvalue weighted by atomic mass is 9.98. The minimum Gasteiger partial charge on any atom is -0.479 e. The summed E-state index contributed by atoms with van der Waals surface area (Å²) in [5.41, 5.74) is 3.67. The molecule has 0 saturated carbocycles. The van der Waals surface area contributed by atoms with Crippen molar-refractivity contribution in [2.75, 3.05) is 18.5 Å². The Morgan fingerprint density at radius 1 is 0.943 bits per heavy atom. The number of aliphatic hydroxyl groups is 1. The van der Waals surface area contributed by atoms with Crippen molar-refractivity contribution in [1.82, 2.24) is 5.32 Å². The summed E-state index contributed by atoms with van der Waals surface area (Å²) in [5, 5.41) is 22.6. The maximum absolute atomic E-state index is 14.9. The Hall–Kier alpha value is -4.24. The maximum atomic E-state index is 14.9. The van der Waals surface area contributed by atoms with Crippen molar-refractivity contribution in [2.24, 2.45) is 0 Å². The number of amides is 2. The van der Waals surface area contributed by atoms with Gasteiger partial charge in [0.05, 0.1) is 11.3 Å². The zero-order chi connectivity index (χ0) is 24.9. The number of carbonyl (C=O) groups excluding carboxylic acids is 2. The molecule has 0 unspecified atom stereocenters. The van der Waals surface area contributed by atoms with Gasteiger partial charge >= 0.3 is 12.1 Å². The van der Waals surface area contributed by atoms with Crippen LogP contribution in [0, 0.1) is 5.82 Å². The Bertz CT molecular complexity index is 1230. The number of anilines is 1. The van der Waals surface area contributed by atoms with Crippen LogP contribution in [0.1, 0.15) is 33.8 Å². The van der Waals surface area contributed by atoms with Crippen LogP contribution in [0.3, 0.4) is 0 Å². The Kier molecular flexibility index (Phi) is 7.07. The number of carboxylic acids is 1. The van der Waals surface area contributed by atoms with E-state index in [0.29, 0.717) is 0 Å². The van der Waals surface area contributed by atoms with Crippen molar-refractivity contribution in [2.45, 2.75) is 18.4 Å². The van der Waals surface area contributed by atoms with E-state index in [0.717, 1.165) is 22.3 Å². The molecular weight excluding hydrogens is 455 g/mol. The van der Waals surface area contributed by atoms with E-state index in [-0.39, 0.29) is 36.7 Å². The van der Waals surface area contributed by atoms with Crippen molar-refractivity contribution in [3.63, 3.8) is 0 Å². The number of aliphatic carboxylic acids is 1. The van der Waals surface area contributed by atoms with Crippen molar-refractivity contribution in [1.29, 1.82) is 0 Å². The second kappa shape index (κ2) is 10.4. The third kappa shape index (κ3) is 5.15. The zero-order valence-electron chi connectivity index (χ0n) is 18.5. The molecule has 0 fully saturated rings. The van der Waals surface area contributed by atoms with Gasteiger partial charge < -0.3 is 20.3 Å². The van der Waals surface area contributed by atoms with Gasteiger partial charge in [0.1, 0.15) is 6.61 Å². The average Bonchev–Trinajstić information content (AvgIpc) is 3.17. The third-order valence-electron chi connectivity index (χ3n) is 5.81. The van der Waals surface area contributed by atoms with E-state index in [1.807, 2.05) is 48.5 Å². The lowest BCUT2D eigenvalue weighted by Gasteiger charge is -2.15. The van der Waals surface area contributed by atoms with Crippen LogP contribution >= 0.6 is 0 Å². The van der Waals surface area contributed by atoms with E-state index in [1.54, 1.807) is 0 Å². The van der Waals surface area contributed by atoms with Crippen LogP contribution in [0.2, 0.25) is 0 Å². The van der Waals surface area contributed by atoms with Crippen LogP contribution in [0.15, 0.2) is 66.7 Å². The first-order valence-corrected chi connectivity index (χ1v) is 11.0. The number of carbonyl (C=O) groups is 3. The zero-order valence-corrected chi connectivity index (χ0v) is 18.5. The Morgan fingerprint density at radius 2 is 1.57 bits per heavy atom. The van der Waals surface area contributed by atoms with E-state index in [2.05, 4.69) is 10.6 Å². The predicted molar refractivity (Wildman–Crippen MR) is 126 cm³/mol. The fraction of sp³-hybridized carbons (Fsp3) is 0.192. The Labute approximate surface area is 200 Å². The molecule has 0 aliphatic heterocycles. The normalized spacial score (nSPS) is 12.9. The summed E-state index contributed by atoms with van der Waals surface area (Å²) in [7, 11) is 0. The van der Waals surface area contributed by atoms with Gasteiger partial charge in [0.15, 0.2) is 11.9 Å². The summed E-state index contributed by atoms with van der Waals surface area (Å²) < 4.78 is 20.3. The van der Waals surface area contributed by atoms with Crippen LogP contribution in [-0.2, 0) is 9.53 Å². The molecule has 1 atom stereocenters. The van der Waals surface area contributed by atoms with Crippen LogP contribution in [-0.4, -0.2) is 47.4 Å².